The van der Waals surface area contributed by atoms with Crippen LogP contribution in [0.25, 0.3) is 10.9 Å². The van der Waals surface area contributed by atoms with Gasteiger partial charge in [-0.1, -0.05) is 12.1 Å². The lowest BCUT2D eigenvalue weighted by molar-refractivity contribution is -0.384. The van der Waals surface area contributed by atoms with Crippen molar-refractivity contribution in [2.45, 2.75) is 26.4 Å². The molecule has 9 heteroatoms. The van der Waals surface area contributed by atoms with Gasteiger partial charge in [-0.15, -0.1) is 0 Å². The molecule has 148 valence electrons. The highest BCUT2D eigenvalue weighted by atomic mass is 16.6. The molecule has 0 saturated carbocycles. The third-order valence-corrected chi connectivity index (χ3v) is 5.21. The van der Waals surface area contributed by atoms with Crippen LogP contribution in [0.5, 0.6) is 0 Å². The highest BCUT2D eigenvalue weighted by Gasteiger charge is 2.27. The Bertz CT molecular complexity index is 1270. The van der Waals surface area contributed by atoms with E-state index in [1.807, 2.05) is 0 Å². The summed E-state index contributed by atoms with van der Waals surface area (Å²) in [5.74, 6) is -0.314. The molecule has 1 amide bonds. The number of non-ortho nitro benzene ring substituents is 1. The SMILES string of the molecule is CCn1c(=O)c2ccccc2n(CC(=O)N2CCc3cc([N+](=O)[O-])ccc32)c1=O. The number of hydrogen-bond donors (Lipinski definition) is 0. The second-order valence-corrected chi connectivity index (χ2v) is 6.80. The van der Waals surface area contributed by atoms with Crippen molar-refractivity contribution in [1.82, 2.24) is 9.13 Å². The molecule has 3 aromatic rings. The van der Waals surface area contributed by atoms with Gasteiger partial charge in [0, 0.05) is 30.9 Å². The predicted molar refractivity (Wildman–Crippen MR) is 107 cm³/mol. The minimum atomic E-state index is -0.535. The molecule has 0 N–H and O–H groups in total. The van der Waals surface area contributed by atoms with Gasteiger partial charge >= 0.3 is 5.69 Å². The Morgan fingerprint density at radius 2 is 1.90 bits per heavy atom. The van der Waals surface area contributed by atoms with Gasteiger partial charge in [0.2, 0.25) is 5.91 Å². The molecule has 0 unspecified atom stereocenters. The number of carbonyl (C=O) groups excluding carboxylic acids is 1. The summed E-state index contributed by atoms with van der Waals surface area (Å²) in [5.41, 5.74) is 0.812. The lowest BCUT2D eigenvalue weighted by atomic mass is 10.1. The third kappa shape index (κ3) is 3.00. The number of fused-ring (bicyclic) bond motifs is 2. The van der Waals surface area contributed by atoms with E-state index in [-0.39, 0.29) is 30.2 Å². The summed E-state index contributed by atoms with van der Waals surface area (Å²) in [6.45, 7) is 2.06. The Labute approximate surface area is 164 Å². The topological polar surface area (TPSA) is 107 Å². The highest BCUT2D eigenvalue weighted by molar-refractivity contribution is 5.96. The van der Waals surface area contributed by atoms with E-state index in [1.165, 1.54) is 21.6 Å². The van der Waals surface area contributed by atoms with Crippen molar-refractivity contribution in [3.8, 4) is 0 Å². The van der Waals surface area contributed by atoms with E-state index in [1.54, 1.807) is 37.3 Å². The van der Waals surface area contributed by atoms with Crippen molar-refractivity contribution in [3.63, 3.8) is 0 Å². The van der Waals surface area contributed by atoms with Crippen LogP contribution >= 0.6 is 0 Å². The van der Waals surface area contributed by atoms with Crippen LogP contribution in [-0.2, 0) is 24.3 Å². The molecule has 2 heterocycles. The van der Waals surface area contributed by atoms with Crippen molar-refractivity contribution in [1.29, 1.82) is 0 Å². The van der Waals surface area contributed by atoms with E-state index >= 15 is 0 Å². The van der Waals surface area contributed by atoms with Gasteiger partial charge in [-0.25, -0.2) is 4.79 Å². The molecule has 0 radical (unpaired) electrons. The zero-order valence-corrected chi connectivity index (χ0v) is 15.7. The van der Waals surface area contributed by atoms with E-state index in [9.17, 15) is 24.5 Å². The van der Waals surface area contributed by atoms with Crippen molar-refractivity contribution < 1.29 is 9.72 Å². The summed E-state index contributed by atoms with van der Waals surface area (Å²) in [6.07, 6.45) is 0.507. The van der Waals surface area contributed by atoms with Gasteiger partial charge in [-0.3, -0.25) is 28.8 Å². The number of rotatable bonds is 4. The lowest BCUT2D eigenvalue weighted by Gasteiger charge is -2.19. The molecule has 29 heavy (non-hydrogen) atoms. The monoisotopic (exact) mass is 394 g/mol. The van der Waals surface area contributed by atoms with E-state index in [4.69, 9.17) is 0 Å². The number of nitrogens with zero attached hydrogens (tertiary/aromatic N) is 4. The highest BCUT2D eigenvalue weighted by Crippen LogP contribution is 2.31. The second kappa shape index (κ2) is 7.01. The van der Waals surface area contributed by atoms with Crippen LogP contribution in [0, 0.1) is 10.1 Å². The summed E-state index contributed by atoms with van der Waals surface area (Å²) in [6, 6.07) is 11.1. The zero-order valence-electron chi connectivity index (χ0n) is 15.7. The Morgan fingerprint density at radius 1 is 1.14 bits per heavy atom. The average molecular weight is 394 g/mol. The standard InChI is InChI=1S/C20H18N4O5/c1-2-21-19(26)15-5-3-4-6-17(15)23(20(21)27)12-18(25)22-10-9-13-11-14(24(28)29)7-8-16(13)22/h3-8,11H,2,9-10,12H2,1H3. The van der Waals surface area contributed by atoms with Crippen molar-refractivity contribution in [3.05, 3.63) is 79.0 Å². The van der Waals surface area contributed by atoms with Gasteiger partial charge in [0.15, 0.2) is 0 Å². The second-order valence-electron chi connectivity index (χ2n) is 6.80. The van der Waals surface area contributed by atoms with Crippen LogP contribution in [0.15, 0.2) is 52.1 Å². The van der Waals surface area contributed by atoms with Crippen LogP contribution < -0.4 is 16.1 Å². The maximum absolute atomic E-state index is 13.0. The number of carbonyl (C=O) groups is 1. The summed E-state index contributed by atoms with van der Waals surface area (Å²) in [5, 5.41) is 11.3. The number of aromatic nitrogens is 2. The van der Waals surface area contributed by atoms with Crippen molar-refractivity contribution in [2.24, 2.45) is 0 Å². The number of amides is 1. The largest absolute Gasteiger partial charge is 0.331 e. The van der Waals surface area contributed by atoms with Crippen LogP contribution in [0.2, 0.25) is 0 Å². The predicted octanol–water partition coefficient (Wildman–Crippen LogP) is 1.68. The van der Waals surface area contributed by atoms with Gasteiger partial charge in [-0.2, -0.15) is 0 Å². The molecule has 0 atom stereocenters. The summed E-state index contributed by atoms with van der Waals surface area (Å²) in [4.78, 5) is 50.4. The number of nitro benzene ring substituents is 1. The Kier molecular flexibility index (Phi) is 4.50. The first kappa shape index (κ1) is 18.6. The molecule has 0 fully saturated rings. The van der Waals surface area contributed by atoms with Gasteiger partial charge in [-0.05, 0) is 37.1 Å². The van der Waals surface area contributed by atoms with E-state index in [0.29, 0.717) is 29.6 Å². The first-order valence-corrected chi connectivity index (χ1v) is 9.22. The number of hydrogen-bond acceptors (Lipinski definition) is 5. The summed E-state index contributed by atoms with van der Waals surface area (Å²) in [7, 11) is 0. The zero-order chi connectivity index (χ0) is 20.7. The number of benzene rings is 2. The Morgan fingerprint density at radius 3 is 2.62 bits per heavy atom. The summed E-state index contributed by atoms with van der Waals surface area (Å²) < 4.78 is 2.42. The van der Waals surface area contributed by atoms with E-state index in [0.717, 1.165) is 10.1 Å². The van der Waals surface area contributed by atoms with Crippen molar-refractivity contribution in [2.75, 3.05) is 11.4 Å². The van der Waals surface area contributed by atoms with Gasteiger partial charge < -0.3 is 4.90 Å². The normalized spacial score (nSPS) is 12.9. The Balaban J connectivity index is 1.74. The van der Waals surface area contributed by atoms with Crippen LogP contribution in [0.1, 0.15) is 12.5 Å². The first-order valence-electron chi connectivity index (χ1n) is 9.22. The third-order valence-electron chi connectivity index (χ3n) is 5.21. The van der Waals surface area contributed by atoms with E-state index < -0.39 is 10.6 Å². The minimum absolute atomic E-state index is 0.0183. The van der Waals surface area contributed by atoms with Crippen molar-refractivity contribution >= 4 is 28.2 Å². The maximum atomic E-state index is 13.0. The maximum Gasteiger partial charge on any atom is 0.331 e. The number of nitro groups is 1. The van der Waals surface area contributed by atoms with Gasteiger partial charge in [0.1, 0.15) is 6.54 Å². The molecule has 1 aliphatic heterocycles. The molecule has 1 aliphatic rings. The molecule has 2 aromatic carbocycles. The minimum Gasteiger partial charge on any atom is -0.310 e. The fraction of sp³-hybridized carbons (Fsp3) is 0.250. The molecule has 9 nitrogen and oxygen atoms in total. The molecule has 0 spiro atoms. The van der Waals surface area contributed by atoms with Crippen LogP contribution in [-0.4, -0.2) is 26.5 Å². The summed E-state index contributed by atoms with van der Waals surface area (Å²) >= 11 is 0. The fourth-order valence-corrected chi connectivity index (χ4v) is 3.78. The molecule has 1 aromatic heterocycles. The molecule has 4 rings (SSSR count). The van der Waals surface area contributed by atoms with E-state index in [2.05, 4.69) is 0 Å². The average Bonchev–Trinajstić information content (AvgIpc) is 3.15. The lowest BCUT2D eigenvalue weighted by Crippen LogP contribution is -2.43. The molecule has 0 saturated heterocycles. The molecular weight excluding hydrogens is 376 g/mol. The molecular formula is C20H18N4O5. The van der Waals surface area contributed by atoms with Crippen LogP contribution in [0.3, 0.4) is 0 Å². The van der Waals surface area contributed by atoms with Gasteiger partial charge in [0.05, 0.1) is 15.8 Å². The van der Waals surface area contributed by atoms with Gasteiger partial charge in [0.25, 0.3) is 11.2 Å². The smallest absolute Gasteiger partial charge is 0.310 e. The first-order chi connectivity index (χ1) is 13.9. The Hall–Kier alpha value is -3.75. The molecule has 0 aliphatic carbocycles. The quantitative estimate of drug-likeness (QED) is 0.494. The number of para-hydroxylation sites is 1. The van der Waals surface area contributed by atoms with Crippen LogP contribution in [0.4, 0.5) is 11.4 Å². The number of anilines is 1. The fourth-order valence-electron chi connectivity index (χ4n) is 3.78. The molecule has 0 bridgehead atoms.